The third-order valence-electron chi connectivity index (χ3n) is 2.58. The normalized spacial score (nSPS) is 11.7. The first-order valence-corrected chi connectivity index (χ1v) is 7.98. The molecule has 108 valence electrons. The summed E-state index contributed by atoms with van der Waals surface area (Å²) >= 11 is 2.95. The van der Waals surface area contributed by atoms with Crippen molar-refractivity contribution in [1.29, 1.82) is 0 Å². The highest BCUT2D eigenvalue weighted by molar-refractivity contribution is 7.16. The summed E-state index contributed by atoms with van der Waals surface area (Å²) in [5.74, 6) is 0.0758. The van der Waals surface area contributed by atoms with Crippen LogP contribution in [0.5, 0.6) is 0 Å². The lowest BCUT2D eigenvalue weighted by Gasteiger charge is -2.21. The summed E-state index contributed by atoms with van der Waals surface area (Å²) in [6.45, 7) is 8.07. The molecule has 0 unspecified atom stereocenters. The van der Waals surface area contributed by atoms with Crippen LogP contribution in [0.3, 0.4) is 0 Å². The van der Waals surface area contributed by atoms with E-state index in [2.05, 4.69) is 36.0 Å². The van der Waals surface area contributed by atoms with Gasteiger partial charge >= 0.3 is 0 Å². The van der Waals surface area contributed by atoms with Gasteiger partial charge in [0.05, 0.1) is 0 Å². The summed E-state index contributed by atoms with van der Waals surface area (Å²) in [5, 5.41) is 12.4. The number of rotatable bonds is 3. The second-order valence-corrected chi connectivity index (χ2v) is 7.85. The lowest BCUT2D eigenvalue weighted by Crippen LogP contribution is -2.29. The maximum Gasteiger partial charge on any atom is 0.229 e. The number of carbonyl (C=O) groups excluding carboxylic acids is 1. The zero-order chi connectivity index (χ0) is 14.9. The van der Waals surface area contributed by atoms with Gasteiger partial charge in [-0.25, -0.2) is 4.98 Å². The molecule has 2 rings (SSSR count). The van der Waals surface area contributed by atoms with Gasteiger partial charge in [0.1, 0.15) is 10.7 Å². The van der Waals surface area contributed by atoms with E-state index in [0.717, 1.165) is 15.7 Å². The number of amides is 1. The molecule has 0 saturated heterocycles. The van der Waals surface area contributed by atoms with Crippen molar-refractivity contribution in [1.82, 2.24) is 15.2 Å². The van der Waals surface area contributed by atoms with Crippen LogP contribution in [0.2, 0.25) is 0 Å². The van der Waals surface area contributed by atoms with E-state index >= 15 is 0 Å². The van der Waals surface area contributed by atoms with Gasteiger partial charge < -0.3 is 0 Å². The van der Waals surface area contributed by atoms with Gasteiger partial charge in [0.25, 0.3) is 0 Å². The van der Waals surface area contributed by atoms with Gasteiger partial charge in [-0.1, -0.05) is 32.1 Å². The fourth-order valence-electron chi connectivity index (χ4n) is 1.60. The van der Waals surface area contributed by atoms with Gasteiger partial charge in [-0.05, 0) is 12.3 Å². The molecule has 2 aromatic heterocycles. The number of aromatic nitrogens is 3. The first-order chi connectivity index (χ1) is 9.26. The van der Waals surface area contributed by atoms with Crippen LogP contribution in [0.15, 0.2) is 5.38 Å². The number of nitrogens with zero attached hydrogens (tertiary/aromatic N) is 4. The Balaban J connectivity index is 2.14. The van der Waals surface area contributed by atoms with Crippen LogP contribution in [0.4, 0.5) is 5.13 Å². The molecule has 0 spiro atoms. The second-order valence-electron chi connectivity index (χ2n) is 5.83. The van der Waals surface area contributed by atoms with Gasteiger partial charge in [-0.3, -0.25) is 9.69 Å². The minimum Gasteiger partial charge on any atom is -0.291 e. The Labute approximate surface area is 126 Å². The van der Waals surface area contributed by atoms with Crippen LogP contribution in [0, 0.1) is 12.3 Å². The van der Waals surface area contributed by atoms with Crippen molar-refractivity contribution < 1.29 is 4.79 Å². The Morgan fingerprint density at radius 3 is 2.60 bits per heavy atom. The van der Waals surface area contributed by atoms with Gasteiger partial charge in [-0.2, -0.15) is 0 Å². The summed E-state index contributed by atoms with van der Waals surface area (Å²) in [5.41, 5.74) is 0.757. The van der Waals surface area contributed by atoms with Crippen LogP contribution in [0.25, 0.3) is 10.7 Å². The summed E-state index contributed by atoms with van der Waals surface area (Å²) in [6.07, 6.45) is 0.496. The summed E-state index contributed by atoms with van der Waals surface area (Å²) < 4.78 is 0. The van der Waals surface area contributed by atoms with Crippen molar-refractivity contribution in [3.63, 3.8) is 0 Å². The Bertz CT molecular complexity index is 612. The molecule has 0 saturated carbocycles. The SMILES string of the molecule is Cc1nnc(-c2csc(N(C)C(=O)CC(C)(C)C)n2)s1. The van der Waals surface area contributed by atoms with Crippen molar-refractivity contribution in [3.8, 4) is 10.7 Å². The van der Waals surface area contributed by atoms with Gasteiger partial charge in [-0.15, -0.1) is 21.5 Å². The van der Waals surface area contributed by atoms with Crippen LogP contribution in [-0.2, 0) is 4.79 Å². The van der Waals surface area contributed by atoms with E-state index in [1.165, 1.54) is 22.7 Å². The lowest BCUT2D eigenvalue weighted by molar-refractivity contribution is -0.120. The quantitative estimate of drug-likeness (QED) is 0.872. The maximum absolute atomic E-state index is 12.2. The predicted octanol–water partition coefficient (Wildman–Crippen LogP) is 3.37. The summed E-state index contributed by atoms with van der Waals surface area (Å²) in [6, 6.07) is 0. The van der Waals surface area contributed by atoms with Crippen LogP contribution >= 0.6 is 22.7 Å². The molecule has 2 aromatic rings. The topological polar surface area (TPSA) is 59.0 Å². The second kappa shape index (κ2) is 5.57. The number of hydrogen-bond donors (Lipinski definition) is 0. The monoisotopic (exact) mass is 310 g/mol. The Hall–Kier alpha value is -1.34. The van der Waals surface area contributed by atoms with Crippen molar-refractivity contribution >= 4 is 33.7 Å². The molecule has 0 aliphatic carbocycles. The van der Waals surface area contributed by atoms with E-state index in [9.17, 15) is 4.79 Å². The molecule has 0 fully saturated rings. The third-order valence-corrected chi connectivity index (χ3v) is 4.36. The summed E-state index contributed by atoms with van der Waals surface area (Å²) in [7, 11) is 1.77. The van der Waals surface area contributed by atoms with E-state index in [1.807, 2.05) is 12.3 Å². The molecule has 0 aromatic carbocycles. The van der Waals surface area contributed by atoms with Crippen LogP contribution < -0.4 is 4.90 Å². The molecule has 20 heavy (non-hydrogen) atoms. The highest BCUT2D eigenvalue weighted by Gasteiger charge is 2.22. The van der Waals surface area contributed by atoms with Gasteiger partial charge in [0, 0.05) is 18.8 Å². The molecular weight excluding hydrogens is 292 g/mol. The number of aryl methyl sites for hydroxylation is 1. The Morgan fingerprint density at radius 1 is 1.35 bits per heavy atom. The molecular formula is C13H18N4OS2. The Kier molecular flexibility index (Phi) is 4.19. The molecule has 0 aliphatic rings. The van der Waals surface area contributed by atoms with Crippen molar-refractivity contribution in [2.75, 3.05) is 11.9 Å². The molecule has 1 amide bonds. The molecule has 0 aliphatic heterocycles. The molecule has 2 heterocycles. The van der Waals surface area contributed by atoms with E-state index in [1.54, 1.807) is 11.9 Å². The average Bonchev–Trinajstić information content (AvgIpc) is 2.93. The number of anilines is 1. The fourth-order valence-corrected chi connectivity index (χ4v) is 3.11. The van der Waals surface area contributed by atoms with Crippen molar-refractivity contribution in [2.45, 2.75) is 34.1 Å². The third kappa shape index (κ3) is 3.61. The first-order valence-electron chi connectivity index (χ1n) is 6.29. The zero-order valence-corrected chi connectivity index (χ0v) is 13.9. The Morgan fingerprint density at radius 2 is 2.05 bits per heavy atom. The molecule has 0 N–H and O–H groups in total. The molecule has 0 atom stereocenters. The van der Waals surface area contributed by atoms with E-state index in [-0.39, 0.29) is 11.3 Å². The van der Waals surface area contributed by atoms with E-state index < -0.39 is 0 Å². The minimum atomic E-state index is -0.0260. The van der Waals surface area contributed by atoms with E-state index in [4.69, 9.17) is 0 Å². The first kappa shape index (κ1) is 15.1. The zero-order valence-electron chi connectivity index (χ0n) is 12.3. The molecule has 0 bridgehead atoms. The van der Waals surface area contributed by atoms with Crippen molar-refractivity contribution in [2.24, 2.45) is 5.41 Å². The average molecular weight is 310 g/mol. The standard InChI is InChI=1S/C13H18N4OS2/c1-8-15-16-11(20-8)9-7-19-12(14-9)17(5)10(18)6-13(2,3)4/h7H,6H2,1-5H3. The molecule has 7 heteroatoms. The summed E-state index contributed by atoms with van der Waals surface area (Å²) in [4.78, 5) is 18.3. The van der Waals surface area contributed by atoms with Crippen LogP contribution in [0.1, 0.15) is 32.2 Å². The predicted molar refractivity (Wildman–Crippen MR) is 83.2 cm³/mol. The number of hydrogen-bond acceptors (Lipinski definition) is 6. The van der Waals surface area contributed by atoms with E-state index in [0.29, 0.717) is 11.6 Å². The number of thiazole rings is 1. The largest absolute Gasteiger partial charge is 0.291 e. The number of carbonyl (C=O) groups is 1. The highest BCUT2D eigenvalue weighted by atomic mass is 32.1. The van der Waals surface area contributed by atoms with Gasteiger partial charge in [0.2, 0.25) is 5.91 Å². The molecule has 0 radical (unpaired) electrons. The fraction of sp³-hybridized carbons (Fsp3) is 0.538. The minimum absolute atomic E-state index is 0.0260. The lowest BCUT2D eigenvalue weighted by atomic mass is 9.92. The smallest absolute Gasteiger partial charge is 0.229 e. The highest BCUT2D eigenvalue weighted by Crippen LogP contribution is 2.30. The van der Waals surface area contributed by atoms with Gasteiger partial charge in [0.15, 0.2) is 10.1 Å². The maximum atomic E-state index is 12.2. The molecule has 5 nitrogen and oxygen atoms in total. The van der Waals surface area contributed by atoms with Crippen molar-refractivity contribution in [3.05, 3.63) is 10.4 Å². The van der Waals surface area contributed by atoms with Crippen LogP contribution in [-0.4, -0.2) is 28.1 Å².